The van der Waals surface area contributed by atoms with E-state index in [2.05, 4.69) is 31.1 Å². The van der Waals surface area contributed by atoms with Gasteiger partial charge in [0.2, 0.25) is 20.7 Å². The van der Waals surface area contributed by atoms with Gasteiger partial charge in [0.15, 0.2) is 5.76 Å². The molecule has 2 heterocycles. The summed E-state index contributed by atoms with van der Waals surface area (Å²) in [6.45, 7) is 1.41. The molecule has 0 aliphatic carbocycles. The number of halogens is 1. The first-order valence-corrected chi connectivity index (χ1v) is 10.6. The molecule has 144 valence electrons. The minimum atomic E-state index is -3.85. The normalized spacial score (nSPS) is 11.9. The molecule has 0 atom stereocenters. The number of aromatic nitrogens is 1. The van der Waals surface area contributed by atoms with Crippen molar-refractivity contribution >= 4 is 31.7 Å². The van der Waals surface area contributed by atoms with Crippen molar-refractivity contribution in [2.24, 2.45) is 0 Å². The first kappa shape index (κ1) is 19.7. The third-order valence-electron chi connectivity index (χ3n) is 3.77. The van der Waals surface area contributed by atoms with Crippen LogP contribution in [0.5, 0.6) is 0 Å². The molecule has 0 bridgehead atoms. The van der Waals surface area contributed by atoms with Crippen molar-refractivity contribution in [3.05, 3.63) is 47.1 Å². The van der Waals surface area contributed by atoms with Crippen LogP contribution in [0.1, 0.15) is 6.42 Å². The van der Waals surface area contributed by atoms with Gasteiger partial charge in [-0.05, 0) is 63.5 Å². The van der Waals surface area contributed by atoms with E-state index in [4.69, 9.17) is 8.83 Å². The number of hydrogen-bond acceptors (Lipinski definition) is 7. The molecule has 0 saturated heterocycles. The molecule has 0 amide bonds. The maximum atomic E-state index is 13.1. The van der Waals surface area contributed by atoms with Gasteiger partial charge in [-0.3, -0.25) is 0 Å². The van der Waals surface area contributed by atoms with E-state index in [0.29, 0.717) is 12.3 Å². The SMILES string of the molecule is CN(C)CCCNc1oc(-c2ccco2)nc1S(=O)(=O)c1ccc(Br)cc1. The van der Waals surface area contributed by atoms with Crippen LogP contribution in [0.15, 0.2) is 65.9 Å². The van der Waals surface area contributed by atoms with Crippen LogP contribution in [0, 0.1) is 0 Å². The molecule has 2 aromatic heterocycles. The van der Waals surface area contributed by atoms with Crippen LogP contribution in [0.25, 0.3) is 11.7 Å². The third-order valence-corrected chi connectivity index (χ3v) is 5.98. The Hall–Kier alpha value is -2.10. The number of benzene rings is 1. The molecule has 0 saturated carbocycles. The van der Waals surface area contributed by atoms with Crippen molar-refractivity contribution in [2.45, 2.75) is 16.3 Å². The lowest BCUT2D eigenvalue weighted by Crippen LogP contribution is -2.17. The fourth-order valence-corrected chi connectivity index (χ4v) is 3.97. The molecule has 1 N–H and O–H groups in total. The number of rotatable bonds is 8. The maximum Gasteiger partial charge on any atom is 0.266 e. The zero-order valence-electron chi connectivity index (χ0n) is 15.0. The second-order valence-corrected chi connectivity index (χ2v) is 8.95. The summed E-state index contributed by atoms with van der Waals surface area (Å²) in [5, 5.41) is 2.90. The Morgan fingerprint density at radius 2 is 1.93 bits per heavy atom. The predicted octanol–water partition coefficient (Wildman–Crippen LogP) is 3.89. The number of nitrogens with zero attached hydrogens (tertiary/aromatic N) is 2. The van der Waals surface area contributed by atoms with Crippen LogP contribution >= 0.6 is 15.9 Å². The van der Waals surface area contributed by atoms with Gasteiger partial charge in [-0.25, -0.2) is 8.42 Å². The van der Waals surface area contributed by atoms with Crippen molar-refractivity contribution < 1.29 is 17.3 Å². The highest BCUT2D eigenvalue weighted by Crippen LogP contribution is 2.32. The summed E-state index contributed by atoms with van der Waals surface area (Å²) in [4.78, 5) is 6.40. The molecule has 0 spiro atoms. The molecule has 27 heavy (non-hydrogen) atoms. The average Bonchev–Trinajstić information content (AvgIpc) is 3.28. The van der Waals surface area contributed by atoms with Crippen LogP contribution < -0.4 is 5.32 Å². The van der Waals surface area contributed by atoms with E-state index in [-0.39, 0.29) is 21.7 Å². The number of furan rings is 1. The molecule has 0 unspecified atom stereocenters. The van der Waals surface area contributed by atoms with E-state index in [1.807, 2.05) is 14.1 Å². The van der Waals surface area contributed by atoms with Crippen molar-refractivity contribution in [2.75, 3.05) is 32.5 Å². The first-order valence-electron chi connectivity index (χ1n) is 8.32. The Morgan fingerprint density at radius 3 is 2.56 bits per heavy atom. The Kier molecular flexibility index (Phi) is 6.03. The summed E-state index contributed by atoms with van der Waals surface area (Å²) < 4.78 is 37.9. The average molecular weight is 454 g/mol. The minimum Gasteiger partial charge on any atom is -0.459 e. The smallest absolute Gasteiger partial charge is 0.266 e. The Balaban J connectivity index is 1.95. The maximum absolute atomic E-state index is 13.1. The largest absolute Gasteiger partial charge is 0.459 e. The van der Waals surface area contributed by atoms with Crippen LogP contribution in [0.4, 0.5) is 5.88 Å². The Labute approximate surface area is 166 Å². The van der Waals surface area contributed by atoms with E-state index >= 15 is 0 Å². The quantitative estimate of drug-likeness (QED) is 0.517. The zero-order valence-corrected chi connectivity index (χ0v) is 17.4. The zero-order chi connectivity index (χ0) is 19.4. The van der Waals surface area contributed by atoms with Gasteiger partial charge in [-0.15, -0.1) is 0 Å². The molecule has 9 heteroatoms. The highest BCUT2D eigenvalue weighted by Gasteiger charge is 2.29. The second kappa shape index (κ2) is 8.28. The van der Waals surface area contributed by atoms with Gasteiger partial charge in [0.25, 0.3) is 5.89 Å². The number of hydrogen-bond donors (Lipinski definition) is 1. The Morgan fingerprint density at radius 1 is 1.19 bits per heavy atom. The lowest BCUT2D eigenvalue weighted by Gasteiger charge is -2.10. The molecule has 1 aromatic carbocycles. The summed E-state index contributed by atoms with van der Waals surface area (Å²) in [5.41, 5.74) is 0. The van der Waals surface area contributed by atoms with Crippen LogP contribution in [-0.2, 0) is 9.84 Å². The molecule has 7 nitrogen and oxygen atoms in total. The molecular formula is C18H20BrN3O4S. The van der Waals surface area contributed by atoms with Crippen LogP contribution in [0.3, 0.4) is 0 Å². The summed E-state index contributed by atoms with van der Waals surface area (Å²) in [6, 6.07) is 9.74. The monoisotopic (exact) mass is 453 g/mol. The summed E-state index contributed by atoms with van der Waals surface area (Å²) >= 11 is 3.31. The standard InChI is InChI=1S/C18H20BrN3O4S/c1-22(2)11-4-10-20-17-18(21-16(26-17)15-5-3-12-25-15)27(23,24)14-8-6-13(19)7-9-14/h3,5-9,12,20H,4,10-11H2,1-2H3. The molecule has 0 aliphatic heterocycles. The first-order chi connectivity index (χ1) is 12.9. The molecule has 0 fully saturated rings. The number of oxazole rings is 1. The highest BCUT2D eigenvalue weighted by atomic mass is 79.9. The van der Waals surface area contributed by atoms with E-state index in [1.165, 1.54) is 18.4 Å². The number of sulfone groups is 1. The molecule has 3 rings (SSSR count). The van der Waals surface area contributed by atoms with Crippen molar-refractivity contribution in [1.82, 2.24) is 9.88 Å². The molecular weight excluding hydrogens is 434 g/mol. The topological polar surface area (TPSA) is 88.6 Å². The van der Waals surface area contributed by atoms with Gasteiger partial charge < -0.3 is 19.1 Å². The van der Waals surface area contributed by atoms with Gasteiger partial charge in [-0.1, -0.05) is 15.9 Å². The lowest BCUT2D eigenvalue weighted by atomic mass is 10.4. The van der Waals surface area contributed by atoms with E-state index in [0.717, 1.165) is 17.4 Å². The van der Waals surface area contributed by atoms with Gasteiger partial charge in [-0.2, -0.15) is 4.98 Å². The second-order valence-electron chi connectivity index (χ2n) is 6.17. The predicted molar refractivity (Wildman–Crippen MR) is 105 cm³/mol. The van der Waals surface area contributed by atoms with Gasteiger partial charge in [0.1, 0.15) is 0 Å². The van der Waals surface area contributed by atoms with E-state index in [1.54, 1.807) is 24.3 Å². The number of anilines is 1. The van der Waals surface area contributed by atoms with E-state index < -0.39 is 9.84 Å². The fraction of sp³-hybridized carbons (Fsp3) is 0.278. The van der Waals surface area contributed by atoms with E-state index in [9.17, 15) is 8.42 Å². The van der Waals surface area contributed by atoms with Crippen molar-refractivity contribution in [1.29, 1.82) is 0 Å². The van der Waals surface area contributed by atoms with Crippen LogP contribution in [-0.4, -0.2) is 45.5 Å². The van der Waals surface area contributed by atoms with Crippen LogP contribution in [0.2, 0.25) is 0 Å². The summed E-state index contributed by atoms with van der Waals surface area (Å²) in [6.07, 6.45) is 2.30. The summed E-state index contributed by atoms with van der Waals surface area (Å²) in [5.74, 6) is 0.595. The van der Waals surface area contributed by atoms with Crippen molar-refractivity contribution in [3.8, 4) is 11.7 Å². The molecule has 3 aromatic rings. The minimum absolute atomic E-state index is 0.114. The highest BCUT2D eigenvalue weighted by molar-refractivity contribution is 9.10. The van der Waals surface area contributed by atoms with Gasteiger partial charge >= 0.3 is 0 Å². The van der Waals surface area contributed by atoms with Gasteiger partial charge in [0, 0.05) is 11.0 Å². The van der Waals surface area contributed by atoms with Gasteiger partial charge in [0.05, 0.1) is 11.2 Å². The Bertz CT molecular complexity index is 980. The third kappa shape index (κ3) is 4.60. The molecule has 0 aliphatic rings. The summed E-state index contributed by atoms with van der Waals surface area (Å²) in [7, 11) is 0.108. The lowest BCUT2D eigenvalue weighted by molar-refractivity contribution is 0.404. The van der Waals surface area contributed by atoms with Crippen molar-refractivity contribution in [3.63, 3.8) is 0 Å². The number of nitrogens with one attached hydrogen (secondary N) is 1. The molecule has 0 radical (unpaired) electrons. The fourth-order valence-electron chi connectivity index (χ4n) is 2.43.